The van der Waals surface area contributed by atoms with Crippen LogP contribution in [0.2, 0.25) is 0 Å². The Kier molecular flexibility index (Phi) is 7.66. The van der Waals surface area contributed by atoms with Gasteiger partial charge in [0.1, 0.15) is 0 Å². The van der Waals surface area contributed by atoms with Crippen molar-refractivity contribution >= 4 is 29.9 Å². The average Bonchev–Trinajstić information content (AvgIpc) is 3.35. The summed E-state index contributed by atoms with van der Waals surface area (Å²) in [7, 11) is 1.93. The van der Waals surface area contributed by atoms with Crippen LogP contribution in [0.1, 0.15) is 44.9 Å². The zero-order valence-electron chi connectivity index (χ0n) is 16.9. The van der Waals surface area contributed by atoms with E-state index in [0.717, 1.165) is 64.9 Å². The summed E-state index contributed by atoms with van der Waals surface area (Å²) < 4.78 is 11.3. The second kappa shape index (κ2) is 9.59. The molecule has 0 radical (unpaired) electrons. The second-order valence-electron chi connectivity index (χ2n) is 8.72. The zero-order chi connectivity index (χ0) is 17.9. The molecule has 4 fully saturated rings. The molecule has 0 amide bonds. The minimum absolute atomic E-state index is 0. The number of halogens is 1. The molecule has 0 bridgehead atoms. The maximum atomic E-state index is 5.69. The van der Waals surface area contributed by atoms with Crippen LogP contribution in [-0.4, -0.2) is 87.5 Å². The molecule has 4 saturated heterocycles. The van der Waals surface area contributed by atoms with E-state index >= 15 is 0 Å². The van der Waals surface area contributed by atoms with Crippen LogP contribution >= 0.6 is 24.0 Å². The van der Waals surface area contributed by atoms with Gasteiger partial charge in [0.05, 0.1) is 0 Å². The summed E-state index contributed by atoms with van der Waals surface area (Å²) in [6.07, 6.45) is 8.64. The van der Waals surface area contributed by atoms with Gasteiger partial charge in [-0.25, -0.2) is 0 Å². The minimum Gasteiger partial charge on any atom is -0.381 e. The van der Waals surface area contributed by atoms with Gasteiger partial charge in [0.25, 0.3) is 0 Å². The Bertz CT molecular complexity index is 498. The highest BCUT2D eigenvalue weighted by Crippen LogP contribution is 2.39. The summed E-state index contributed by atoms with van der Waals surface area (Å²) in [5.41, 5.74) is 0.710. The van der Waals surface area contributed by atoms with E-state index < -0.39 is 0 Å². The molecule has 1 N–H and O–H groups in total. The number of hydrogen-bond donors (Lipinski definition) is 1. The fraction of sp³-hybridized carbons (Fsp3) is 0.950. The molecule has 0 aromatic rings. The molecular formula is C20H37IN4O2. The van der Waals surface area contributed by atoms with Crippen LogP contribution in [0.4, 0.5) is 0 Å². The number of hydrogen-bond acceptors (Lipinski definition) is 4. The van der Waals surface area contributed by atoms with Crippen molar-refractivity contribution in [3.05, 3.63) is 0 Å². The van der Waals surface area contributed by atoms with Crippen LogP contribution in [0, 0.1) is 5.41 Å². The Hall–Kier alpha value is -0.120. The molecule has 7 heteroatoms. The van der Waals surface area contributed by atoms with Crippen molar-refractivity contribution in [2.45, 2.75) is 50.5 Å². The summed E-state index contributed by atoms with van der Waals surface area (Å²) in [6.45, 7) is 9.38. The number of rotatable bonds is 3. The second-order valence-corrected chi connectivity index (χ2v) is 8.72. The standard InChI is InChI=1S/C20H36N4O2.HI/c1-21-18(23-11-4-19(17-23)5-12-25-13-6-19)22-16-20(7-14-26-15-8-20)24-9-2-3-10-24;/h2-17H2,1H3,(H,21,22);1H. The van der Waals surface area contributed by atoms with Crippen molar-refractivity contribution in [2.24, 2.45) is 10.4 Å². The Balaban J connectivity index is 0.00000210. The molecule has 0 atom stereocenters. The van der Waals surface area contributed by atoms with Gasteiger partial charge in [-0.15, -0.1) is 24.0 Å². The molecule has 27 heavy (non-hydrogen) atoms. The average molecular weight is 492 g/mol. The van der Waals surface area contributed by atoms with Gasteiger partial charge in [0, 0.05) is 58.6 Å². The number of likely N-dealkylation sites (tertiary alicyclic amines) is 2. The Morgan fingerprint density at radius 1 is 0.926 bits per heavy atom. The van der Waals surface area contributed by atoms with Crippen LogP contribution in [0.25, 0.3) is 0 Å². The molecule has 0 unspecified atom stereocenters. The van der Waals surface area contributed by atoms with Crippen LogP contribution < -0.4 is 5.32 Å². The number of nitrogens with zero attached hydrogens (tertiary/aromatic N) is 3. The van der Waals surface area contributed by atoms with Crippen LogP contribution in [-0.2, 0) is 9.47 Å². The first-order valence-electron chi connectivity index (χ1n) is 10.6. The van der Waals surface area contributed by atoms with E-state index in [2.05, 4.69) is 20.1 Å². The third kappa shape index (κ3) is 4.73. The predicted molar refractivity (Wildman–Crippen MR) is 119 cm³/mol. The van der Waals surface area contributed by atoms with Crippen LogP contribution in [0.3, 0.4) is 0 Å². The highest BCUT2D eigenvalue weighted by Gasteiger charge is 2.42. The van der Waals surface area contributed by atoms with Gasteiger partial charge in [-0.05, 0) is 63.5 Å². The lowest BCUT2D eigenvalue weighted by Crippen LogP contribution is -2.58. The first kappa shape index (κ1) is 21.6. The first-order chi connectivity index (χ1) is 12.8. The maximum Gasteiger partial charge on any atom is 0.193 e. The largest absolute Gasteiger partial charge is 0.381 e. The monoisotopic (exact) mass is 492 g/mol. The van der Waals surface area contributed by atoms with Crippen LogP contribution in [0.15, 0.2) is 4.99 Å². The van der Waals surface area contributed by atoms with Gasteiger partial charge < -0.3 is 19.7 Å². The van der Waals surface area contributed by atoms with E-state index in [1.54, 1.807) is 0 Å². The summed E-state index contributed by atoms with van der Waals surface area (Å²) in [6, 6.07) is 0. The van der Waals surface area contributed by atoms with E-state index in [-0.39, 0.29) is 29.5 Å². The van der Waals surface area contributed by atoms with Crippen LogP contribution in [0.5, 0.6) is 0 Å². The third-order valence-electron chi connectivity index (χ3n) is 7.28. The molecule has 0 aromatic heterocycles. The Morgan fingerprint density at radius 2 is 1.56 bits per heavy atom. The topological polar surface area (TPSA) is 49.3 Å². The molecule has 4 aliphatic rings. The normalized spacial score (nSPS) is 28.3. The van der Waals surface area contributed by atoms with Gasteiger partial charge in [0.15, 0.2) is 5.96 Å². The molecular weight excluding hydrogens is 455 g/mol. The molecule has 4 heterocycles. The van der Waals surface area contributed by atoms with Gasteiger partial charge in [-0.1, -0.05) is 0 Å². The fourth-order valence-corrected chi connectivity index (χ4v) is 5.45. The molecule has 156 valence electrons. The number of guanidine groups is 1. The Morgan fingerprint density at radius 3 is 2.19 bits per heavy atom. The lowest BCUT2D eigenvalue weighted by atomic mass is 9.80. The van der Waals surface area contributed by atoms with Crippen molar-refractivity contribution < 1.29 is 9.47 Å². The van der Waals surface area contributed by atoms with E-state index in [1.165, 1.54) is 45.2 Å². The first-order valence-corrected chi connectivity index (χ1v) is 10.6. The van der Waals surface area contributed by atoms with E-state index in [4.69, 9.17) is 9.47 Å². The molecule has 1 spiro atoms. The van der Waals surface area contributed by atoms with Gasteiger partial charge >= 0.3 is 0 Å². The molecule has 0 aromatic carbocycles. The summed E-state index contributed by atoms with van der Waals surface area (Å²) in [4.78, 5) is 9.85. The van der Waals surface area contributed by atoms with E-state index in [0.29, 0.717) is 5.41 Å². The molecule has 6 nitrogen and oxygen atoms in total. The maximum absolute atomic E-state index is 5.69. The SMILES string of the molecule is CN=C(NCC1(N2CCCC2)CCOCC1)N1CCC2(CCOCC2)C1.I. The number of ether oxygens (including phenoxy) is 2. The van der Waals surface area contributed by atoms with Crippen molar-refractivity contribution in [1.29, 1.82) is 0 Å². The Labute approximate surface area is 181 Å². The summed E-state index contributed by atoms with van der Waals surface area (Å²) in [5, 5.41) is 3.77. The number of nitrogens with one attached hydrogen (secondary N) is 1. The summed E-state index contributed by atoms with van der Waals surface area (Å²) in [5.74, 6) is 1.10. The van der Waals surface area contributed by atoms with E-state index in [1.807, 2.05) is 7.05 Å². The highest BCUT2D eigenvalue weighted by atomic mass is 127. The quantitative estimate of drug-likeness (QED) is 0.373. The van der Waals surface area contributed by atoms with Crippen molar-refractivity contribution in [2.75, 3.05) is 66.2 Å². The van der Waals surface area contributed by atoms with E-state index in [9.17, 15) is 0 Å². The number of aliphatic imine (C=N–C) groups is 1. The van der Waals surface area contributed by atoms with Crippen molar-refractivity contribution in [1.82, 2.24) is 15.1 Å². The summed E-state index contributed by atoms with van der Waals surface area (Å²) >= 11 is 0. The highest BCUT2D eigenvalue weighted by molar-refractivity contribution is 14.0. The minimum atomic E-state index is 0. The molecule has 0 saturated carbocycles. The van der Waals surface area contributed by atoms with Crippen molar-refractivity contribution in [3.63, 3.8) is 0 Å². The van der Waals surface area contributed by atoms with Gasteiger partial charge in [-0.3, -0.25) is 9.89 Å². The van der Waals surface area contributed by atoms with Crippen molar-refractivity contribution in [3.8, 4) is 0 Å². The predicted octanol–water partition coefficient (Wildman–Crippen LogP) is 2.33. The zero-order valence-corrected chi connectivity index (χ0v) is 19.2. The smallest absolute Gasteiger partial charge is 0.193 e. The fourth-order valence-electron chi connectivity index (χ4n) is 5.45. The third-order valence-corrected chi connectivity index (χ3v) is 7.28. The van der Waals surface area contributed by atoms with Gasteiger partial charge in [-0.2, -0.15) is 0 Å². The lowest BCUT2D eigenvalue weighted by molar-refractivity contribution is -0.0166. The molecule has 4 rings (SSSR count). The molecule has 0 aliphatic carbocycles. The lowest BCUT2D eigenvalue weighted by Gasteiger charge is -2.45. The van der Waals surface area contributed by atoms with Gasteiger partial charge in [0.2, 0.25) is 0 Å². The molecule has 4 aliphatic heterocycles.